The SMILES string of the molecule is CCc1cccc(C)c1NC(=O)CS(=O)(=O)Cc1ccc(Cl)cc1. The van der Waals surface area contributed by atoms with E-state index < -0.39 is 21.5 Å². The molecule has 0 aliphatic carbocycles. The largest absolute Gasteiger partial charge is 0.325 e. The average molecular weight is 366 g/mol. The quantitative estimate of drug-likeness (QED) is 0.847. The zero-order chi connectivity index (χ0) is 17.7. The Hall–Kier alpha value is -1.85. The van der Waals surface area contributed by atoms with E-state index in [4.69, 9.17) is 11.6 Å². The highest BCUT2D eigenvalue weighted by atomic mass is 35.5. The van der Waals surface area contributed by atoms with Crippen molar-refractivity contribution in [3.8, 4) is 0 Å². The van der Waals surface area contributed by atoms with Crippen molar-refractivity contribution < 1.29 is 13.2 Å². The molecule has 128 valence electrons. The fourth-order valence-corrected chi connectivity index (χ4v) is 3.86. The fraction of sp³-hybridized carbons (Fsp3) is 0.278. The Morgan fingerprint density at radius 3 is 2.42 bits per heavy atom. The lowest BCUT2D eigenvalue weighted by Gasteiger charge is -2.13. The van der Waals surface area contributed by atoms with Crippen LogP contribution in [-0.4, -0.2) is 20.1 Å². The number of sulfone groups is 1. The van der Waals surface area contributed by atoms with Crippen molar-refractivity contribution in [2.75, 3.05) is 11.1 Å². The fourth-order valence-electron chi connectivity index (χ4n) is 2.46. The van der Waals surface area contributed by atoms with Crippen LogP contribution in [0.2, 0.25) is 5.02 Å². The van der Waals surface area contributed by atoms with Gasteiger partial charge in [-0.3, -0.25) is 4.79 Å². The lowest BCUT2D eigenvalue weighted by molar-refractivity contribution is -0.113. The van der Waals surface area contributed by atoms with Crippen molar-refractivity contribution in [2.45, 2.75) is 26.0 Å². The molecule has 0 fully saturated rings. The third-order valence-corrected chi connectivity index (χ3v) is 5.38. The van der Waals surface area contributed by atoms with Crippen molar-refractivity contribution in [1.29, 1.82) is 0 Å². The number of carbonyl (C=O) groups is 1. The molecule has 1 amide bonds. The van der Waals surface area contributed by atoms with Crippen LogP contribution in [0.4, 0.5) is 5.69 Å². The molecule has 2 aromatic carbocycles. The first-order valence-electron chi connectivity index (χ1n) is 7.64. The maximum Gasteiger partial charge on any atom is 0.239 e. The summed E-state index contributed by atoms with van der Waals surface area (Å²) < 4.78 is 24.5. The Balaban J connectivity index is 2.07. The van der Waals surface area contributed by atoms with Gasteiger partial charge in [-0.25, -0.2) is 8.42 Å². The predicted octanol–water partition coefficient (Wildman–Crippen LogP) is 3.76. The second-order valence-electron chi connectivity index (χ2n) is 5.67. The van der Waals surface area contributed by atoms with E-state index in [1.165, 1.54) is 0 Å². The Labute approximate surface area is 147 Å². The van der Waals surface area contributed by atoms with Crippen molar-refractivity contribution in [3.05, 3.63) is 64.2 Å². The lowest BCUT2D eigenvalue weighted by Crippen LogP contribution is -2.24. The lowest BCUT2D eigenvalue weighted by atomic mass is 10.1. The smallest absolute Gasteiger partial charge is 0.239 e. The van der Waals surface area contributed by atoms with Crippen LogP contribution in [0.25, 0.3) is 0 Å². The number of halogens is 1. The number of amides is 1. The van der Waals surface area contributed by atoms with Crippen LogP contribution in [0.3, 0.4) is 0 Å². The van der Waals surface area contributed by atoms with E-state index in [1.807, 2.05) is 32.0 Å². The van der Waals surface area contributed by atoms with Gasteiger partial charge in [-0.05, 0) is 42.2 Å². The second-order valence-corrected chi connectivity index (χ2v) is 8.17. The van der Waals surface area contributed by atoms with Crippen LogP contribution in [-0.2, 0) is 26.8 Å². The molecule has 0 atom stereocenters. The average Bonchev–Trinajstić information content (AvgIpc) is 2.50. The highest BCUT2D eigenvalue weighted by molar-refractivity contribution is 7.91. The predicted molar refractivity (Wildman–Crippen MR) is 98.1 cm³/mol. The molecule has 4 nitrogen and oxygen atoms in total. The molecule has 6 heteroatoms. The highest BCUT2D eigenvalue weighted by Gasteiger charge is 2.19. The number of aryl methyl sites for hydroxylation is 2. The minimum atomic E-state index is -3.55. The summed E-state index contributed by atoms with van der Waals surface area (Å²) in [6, 6.07) is 12.3. The molecular formula is C18H20ClNO3S. The van der Waals surface area contributed by atoms with E-state index in [0.29, 0.717) is 16.3 Å². The molecule has 2 rings (SSSR count). The minimum Gasteiger partial charge on any atom is -0.325 e. The standard InChI is InChI=1S/C18H20ClNO3S/c1-3-15-6-4-5-13(2)18(15)20-17(21)12-24(22,23)11-14-7-9-16(19)10-8-14/h4-10H,3,11-12H2,1-2H3,(H,20,21). The Kier molecular flexibility index (Phi) is 6.02. The summed E-state index contributed by atoms with van der Waals surface area (Å²) in [5.41, 5.74) is 3.21. The molecule has 0 spiro atoms. The summed E-state index contributed by atoms with van der Waals surface area (Å²) in [6.07, 6.45) is 0.759. The molecule has 1 N–H and O–H groups in total. The molecule has 0 heterocycles. The Bertz CT molecular complexity index is 830. The number of para-hydroxylation sites is 1. The summed E-state index contributed by atoms with van der Waals surface area (Å²) in [6.45, 7) is 3.87. The normalized spacial score (nSPS) is 11.3. The van der Waals surface area contributed by atoms with E-state index in [-0.39, 0.29) is 5.75 Å². The number of carbonyl (C=O) groups excluding carboxylic acids is 1. The van der Waals surface area contributed by atoms with Gasteiger partial charge in [0.25, 0.3) is 0 Å². The van der Waals surface area contributed by atoms with Crippen LogP contribution >= 0.6 is 11.6 Å². The molecular weight excluding hydrogens is 346 g/mol. The molecule has 0 radical (unpaired) electrons. The Morgan fingerprint density at radius 2 is 1.79 bits per heavy atom. The molecule has 0 aliphatic rings. The maximum absolute atomic E-state index is 12.2. The number of hydrogen-bond donors (Lipinski definition) is 1. The third-order valence-electron chi connectivity index (χ3n) is 3.66. The van der Waals surface area contributed by atoms with E-state index >= 15 is 0 Å². The Morgan fingerprint density at radius 1 is 1.12 bits per heavy atom. The highest BCUT2D eigenvalue weighted by Crippen LogP contribution is 2.21. The number of hydrogen-bond acceptors (Lipinski definition) is 3. The summed E-state index contributed by atoms with van der Waals surface area (Å²) >= 11 is 5.79. The molecule has 0 saturated carbocycles. The monoisotopic (exact) mass is 365 g/mol. The van der Waals surface area contributed by atoms with Gasteiger partial charge >= 0.3 is 0 Å². The zero-order valence-electron chi connectivity index (χ0n) is 13.7. The van der Waals surface area contributed by atoms with Gasteiger partial charge in [-0.15, -0.1) is 0 Å². The van der Waals surface area contributed by atoms with Gasteiger partial charge in [-0.2, -0.15) is 0 Å². The van der Waals surface area contributed by atoms with E-state index in [9.17, 15) is 13.2 Å². The van der Waals surface area contributed by atoms with Gasteiger partial charge in [0, 0.05) is 10.7 Å². The van der Waals surface area contributed by atoms with E-state index in [1.54, 1.807) is 24.3 Å². The molecule has 0 bridgehead atoms. The minimum absolute atomic E-state index is 0.188. The van der Waals surface area contributed by atoms with Gasteiger partial charge < -0.3 is 5.32 Å². The molecule has 24 heavy (non-hydrogen) atoms. The van der Waals surface area contributed by atoms with Crippen LogP contribution in [0.5, 0.6) is 0 Å². The van der Waals surface area contributed by atoms with Crippen LogP contribution in [0.1, 0.15) is 23.6 Å². The van der Waals surface area contributed by atoms with Crippen LogP contribution < -0.4 is 5.32 Å². The summed E-state index contributed by atoms with van der Waals surface area (Å²) in [4.78, 5) is 12.2. The first kappa shape index (κ1) is 18.5. The van der Waals surface area contributed by atoms with Crippen molar-refractivity contribution in [3.63, 3.8) is 0 Å². The summed E-state index contributed by atoms with van der Waals surface area (Å²) in [5, 5.41) is 3.28. The second kappa shape index (κ2) is 7.81. The molecule has 0 aromatic heterocycles. The summed E-state index contributed by atoms with van der Waals surface area (Å²) in [7, 11) is -3.55. The number of nitrogens with one attached hydrogen (secondary N) is 1. The molecule has 0 aliphatic heterocycles. The van der Waals surface area contributed by atoms with E-state index in [0.717, 1.165) is 17.5 Å². The zero-order valence-corrected chi connectivity index (χ0v) is 15.2. The van der Waals surface area contributed by atoms with Gasteiger partial charge in [-0.1, -0.05) is 48.9 Å². The topological polar surface area (TPSA) is 63.2 Å². The van der Waals surface area contributed by atoms with Crippen LogP contribution in [0, 0.1) is 6.92 Å². The molecule has 0 unspecified atom stereocenters. The van der Waals surface area contributed by atoms with Gasteiger partial charge in [0.2, 0.25) is 5.91 Å². The number of benzene rings is 2. The van der Waals surface area contributed by atoms with Crippen LogP contribution in [0.15, 0.2) is 42.5 Å². The van der Waals surface area contributed by atoms with Crippen molar-refractivity contribution in [1.82, 2.24) is 0 Å². The summed E-state index contributed by atoms with van der Waals surface area (Å²) in [5.74, 6) is -1.26. The van der Waals surface area contributed by atoms with Crippen molar-refractivity contribution >= 4 is 33.0 Å². The van der Waals surface area contributed by atoms with Crippen molar-refractivity contribution in [2.24, 2.45) is 0 Å². The maximum atomic E-state index is 12.2. The first-order valence-corrected chi connectivity index (χ1v) is 9.84. The first-order chi connectivity index (χ1) is 11.3. The van der Waals surface area contributed by atoms with E-state index in [2.05, 4.69) is 5.32 Å². The van der Waals surface area contributed by atoms with Gasteiger partial charge in [0.15, 0.2) is 9.84 Å². The van der Waals surface area contributed by atoms with Gasteiger partial charge in [0.05, 0.1) is 5.75 Å². The molecule has 2 aromatic rings. The third kappa shape index (κ3) is 5.08. The molecule has 0 saturated heterocycles. The van der Waals surface area contributed by atoms with Gasteiger partial charge in [0.1, 0.15) is 5.75 Å². The number of anilines is 1. The number of rotatable bonds is 6.